The van der Waals surface area contributed by atoms with E-state index in [1.165, 1.54) is 5.69 Å². The lowest BCUT2D eigenvalue weighted by molar-refractivity contribution is 0.153. The molecule has 1 aliphatic rings. The highest BCUT2D eigenvalue weighted by Crippen LogP contribution is 2.31. The van der Waals surface area contributed by atoms with Crippen LogP contribution in [0.25, 0.3) is 0 Å². The van der Waals surface area contributed by atoms with Gasteiger partial charge in [0, 0.05) is 31.3 Å². The third-order valence-corrected chi connectivity index (χ3v) is 3.56. The summed E-state index contributed by atoms with van der Waals surface area (Å²) < 4.78 is 7.47. The van der Waals surface area contributed by atoms with Crippen LogP contribution in [0.15, 0.2) is 6.07 Å². The maximum absolute atomic E-state index is 5.90. The van der Waals surface area contributed by atoms with Crippen LogP contribution in [0.5, 0.6) is 0 Å². The quantitative estimate of drug-likeness (QED) is 0.824. The van der Waals surface area contributed by atoms with Gasteiger partial charge in [-0.1, -0.05) is 6.92 Å². The van der Waals surface area contributed by atoms with Crippen LogP contribution in [0.1, 0.15) is 24.7 Å². The molecule has 0 aliphatic carbocycles. The molecule has 0 bridgehead atoms. The molecule has 0 aromatic carbocycles. The minimum Gasteiger partial charge on any atom is -0.381 e. The van der Waals surface area contributed by atoms with Crippen molar-refractivity contribution in [1.82, 2.24) is 9.78 Å². The summed E-state index contributed by atoms with van der Waals surface area (Å²) in [5, 5.41) is 4.47. The predicted octanol–water partition coefficient (Wildman–Crippen LogP) is 0.890. The highest BCUT2D eigenvalue weighted by atomic mass is 16.5. The summed E-state index contributed by atoms with van der Waals surface area (Å²) in [5.74, 6) is 0. The highest BCUT2D eigenvalue weighted by Gasteiger charge is 2.34. The summed E-state index contributed by atoms with van der Waals surface area (Å²) in [5.41, 5.74) is 8.46. The van der Waals surface area contributed by atoms with E-state index in [-0.39, 0.29) is 5.41 Å². The zero-order valence-electron chi connectivity index (χ0n) is 10.2. The van der Waals surface area contributed by atoms with Gasteiger partial charge in [0.25, 0.3) is 0 Å². The van der Waals surface area contributed by atoms with E-state index in [9.17, 15) is 0 Å². The van der Waals surface area contributed by atoms with Gasteiger partial charge in [0.1, 0.15) is 0 Å². The van der Waals surface area contributed by atoms with Gasteiger partial charge in [-0.05, 0) is 25.3 Å². The zero-order chi connectivity index (χ0) is 11.6. The topological polar surface area (TPSA) is 53.1 Å². The molecule has 1 aromatic rings. The minimum absolute atomic E-state index is 0.138. The molecular formula is C12H21N3O. The number of nitrogens with two attached hydrogens (primary N) is 1. The van der Waals surface area contributed by atoms with Crippen molar-refractivity contribution in [3.63, 3.8) is 0 Å². The molecule has 0 radical (unpaired) electrons. The molecule has 1 atom stereocenters. The van der Waals surface area contributed by atoms with E-state index in [0.29, 0.717) is 6.54 Å². The maximum Gasteiger partial charge on any atom is 0.0624 e. The molecule has 1 aromatic heterocycles. The van der Waals surface area contributed by atoms with Gasteiger partial charge >= 0.3 is 0 Å². The molecule has 0 saturated carbocycles. The summed E-state index contributed by atoms with van der Waals surface area (Å²) in [7, 11) is 2.01. The molecule has 0 amide bonds. The highest BCUT2D eigenvalue weighted by molar-refractivity contribution is 5.13. The van der Waals surface area contributed by atoms with Crippen LogP contribution < -0.4 is 5.73 Å². The summed E-state index contributed by atoms with van der Waals surface area (Å²) in [6, 6.07) is 2.19. The number of aryl methyl sites for hydroxylation is 2. The third kappa shape index (κ3) is 2.13. The fourth-order valence-electron chi connectivity index (χ4n) is 2.32. The van der Waals surface area contributed by atoms with Gasteiger partial charge in [-0.2, -0.15) is 5.10 Å². The first-order chi connectivity index (χ1) is 7.69. The molecule has 4 nitrogen and oxygen atoms in total. The Kier molecular flexibility index (Phi) is 3.30. The van der Waals surface area contributed by atoms with E-state index in [2.05, 4.69) is 18.1 Å². The number of rotatable bonds is 4. The second-order valence-corrected chi connectivity index (χ2v) is 4.79. The van der Waals surface area contributed by atoms with E-state index >= 15 is 0 Å². The molecule has 1 fully saturated rings. The first-order valence-corrected chi connectivity index (χ1v) is 5.99. The lowest BCUT2D eigenvalue weighted by Crippen LogP contribution is -2.33. The smallest absolute Gasteiger partial charge is 0.0624 e. The fraction of sp³-hybridized carbons (Fsp3) is 0.750. The number of nitrogens with zero attached hydrogens (tertiary/aromatic N) is 2. The molecule has 2 heterocycles. The monoisotopic (exact) mass is 223 g/mol. The molecular weight excluding hydrogens is 202 g/mol. The van der Waals surface area contributed by atoms with E-state index in [1.54, 1.807) is 0 Å². The van der Waals surface area contributed by atoms with Crippen LogP contribution in [0, 0.1) is 5.41 Å². The van der Waals surface area contributed by atoms with E-state index in [1.807, 2.05) is 11.7 Å². The third-order valence-electron chi connectivity index (χ3n) is 3.56. The molecule has 1 aliphatic heterocycles. The summed E-state index contributed by atoms with van der Waals surface area (Å²) in [6.45, 7) is 4.45. The van der Waals surface area contributed by atoms with Gasteiger partial charge in [0.05, 0.1) is 12.3 Å². The van der Waals surface area contributed by atoms with Crippen molar-refractivity contribution < 1.29 is 4.74 Å². The first kappa shape index (κ1) is 11.6. The van der Waals surface area contributed by atoms with Crippen LogP contribution in [0.2, 0.25) is 0 Å². The van der Waals surface area contributed by atoms with E-state index in [4.69, 9.17) is 10.5 Å². The number of aromatic nitrogens is 2. The van der Waals surface area contributed by atoms with Crippen molar-refractivity contribution in [2.45, 2.75) is 26.2 Å². The normalized spacial score (nSPS) is 25.2. The van der Waals surface area contributed by atoms with Crippen LogP contribution in [-0.4, -0.2) is 29.5 Å². The first-order valence-electron chi connectivity index (χ1n) is 5.99. The molecule has 0 spiro atoms. The van der Waals surface area contributed by atoms with E-state index < -0.39 is 0 Å². The molecule has 1 unspecified atom stereocenters. The molecule has 2 rings (SSSR count). The molecule has 1 saturated heterocycles. The molecule has 90 valence electrons. The lowest BCUT2D eigenvalue weighted by atomic mass is 9.82. The SMILES string of the molecule is CCc1cc(CC2(CN)CCOC2)n(C)n1. The summed E-state index contributed by atoms with van der Waals surface area (Å²) in [6.07, 6.45) is 3.03. The largest absolute Gasteiger partial charge is 0.381 e. The molecule has 4 heteroatoms. The van der Waals surface area contributed by atoms with Crippen LogP contribution >= 0.6 is 0 Å². The lowest BCUT2D eigenvalue weighted by Gasteiger charge is -2.25. The van der Waals surface area contributed by atoms with Crippen molar-refractivity contribution >= 4 is 0 Å². The molecule has 16 heavy (non-hydrogen) atoms. The van der Waals surface area contributed by atoms with Crippen molar-refractivity contribution in [1.29, 1.82) is 0 Å². The predicted molar refractivity (Wildman–Crippen MR) is 63.2 cm³/mol. The Hall–Kier alpha value is -0.870. The average molecular weight is 223 g/mol. The standard InChI is InChI=1S/C12H21N3O/c1-3-10-6-11(15(2)14-10)7-12(8-13)4-5-16-9-12/h6H,3-5,7-9,13H2,1-2H3. The Morgan fingerprint density at radius 2 is 2.44 bits per heavy atom. The van der Waals surface area contributed by atoms with Gasteiger partial charge in [-0.25, -0.2) is 0 Å². The number of hydrogen-bond acceptors (Lipinski definition) is 3. The van der Waals surface area contributed by atoms with E-state index in [0.717, 1.165) is 38.2 Å². The minimum atomic E-state index is 0.138. The zero-order valence-corrected chi connectivity index (χ0v) is 10.2. The fourth-order valence-corrected chi connectivity index (χ4v) is 2.32. The Balaban J connectivity index is 2.15. The Bertz CT molecular complexity index is 353. The van der Waals surface area contributed by atoms with Gasteiger partial charge < -0.3 is 10.5 Å². The maximum atomic E-state index is 5.90. The van der Waals surface area contributed by atoms with Gasteiger partial charge in [0.2, 0.25) is 0 Å². The van der Waals surface area contributed by atoms with Gasteiger partial charge in [-0.15, -0.1) is 0 Å². The second-order valence-electron chi connectivity index (χ2n) is 4.79. The Morgan fingerprint density at radius 3 is 2.94 bits per heavy atom. The van der Waals surface area contributed by atoms with Crippen LogP contribution in [-0.2, 0) is 24.6 Å². The van der Waals surface area contributed by atoms with Gasteiger partial charge in [0.15, 0.2) is 0 Å². The van der Waals surface area contributed by atoms with Gasteiger partial charge in [-0.3, -0.25) is 4.68 Å². The van der Waals surface area contributed by atoms with Crippen LogP contribution in [0.3, 0.4) is 0 Å². The Labute approximate surface area is 96.8 Å². The number of ether oxygens (including phenoxy) is 1. The van der Waals surface area contributed by atoms with Crippen molar-refractivity contribution in [3.05, 3.63) is 17.5 Å². The van der Waals surface area contributed by atoms with Crippen LogP contribution in [0.4, 0.5) is 0 Å². The van der Waals surface area contributed by atoms with Crippen molar-refractivity contribution in [2.75, 3.05) is 19.8 Å². The summed E-state index contributed by atoms with van der Waals surface area (Å²) >= 11 is 0. The van der Waals surface area contributed by atoms with Crippen molar-refractivity contribution in [2.24, 2.45) is 18.2 Å². The summed E-state index contributed by atoms with van der Waals surface area (Å²) in [4.78, 5) is 0. The van der Waals surface area contributed by atoms with Crippen molar-refractivity contribution in [3.8, 4) is 0 Å². The average Bonchev–Trinajstić information content (AvgIpc) is 2.88. The Morgan fingerprint density at radius 1 is 1.62 bits per heavy atom. The number of hydrogen-bond donors (Lipinski definition) is 1. The second kappa shape index (κ2) is 4.55. The molecule has 2 N–H and O–H groups in total.